The van der Waals surface area contributed by atoms with E-state index in [9.17, 15) is 5.11 Å². The molecule has 4 heteroatoms. The summed E-state index contributed by atoms with van der Waals surface area (Å²) in [5, 5.41) is 14.2. The van der Waals surface area contributed by atoms with E-state index in [1.165, 1.54) is 0 Å². The molecule has 2 N–H and O–H groups in total. The Bertz CT molecular complexity index is 512. The molecule has 1 aromatic heterocycles. The van der Waals surface area contributed by atoms with Crippen LogP contribution in [-0.4, -0.2) is 22.7 Å². The van der Waals surface area contributed by atoms with Gasteiger partial charge in [-0.25, -0.2) is 0 Å². The topological polar surface area (TPSA) is 45.1 Å². The van der Waals surface area contributed by atoms with E-state index in [-0.39, 0.29) is 12.6 Å². The SMILES string of the molecule is CCC(CO)Nc1ccnc2ccc(Cl)cc12. The molecule has 1 atom stereocenters. The van der Waals surface area contributed by atoms with Gasteiger partial charge in [-0.1, -0.05) is 18.5 Å². The first-order valence-electron chi connectivity index (χ1n) is 5.66. The molecule has 0 aliphatic carbocycles. The molecule has 0 radical (unpaired) electrons. The molecule has 90 valence electrons. The van der Waals surface area contributed by atoms with Crippen molar-refractivity contribution in [3.8, 4) is 0 Å². The van der Waals surface area contributed by atoms with E-state index in [2.05, 4.69) is 10.3 Å². The first kappa shape index (κ1) is 12.1. The van der Waals surface area contributed by atoms with Gasteiger partial charge in [0.25, 0.3) is 0 Å². The van der Waals surface area contributed by atoms with Crippen LogP contribution in [0.15, 0.2) is 30.5 Å². The molecular formula is C13H15ClN2O. The van der Waals surface area contributed by atoms with Crippen molar-refractivity contribution in [1.82, 2.24) is 4.98 Å². The van der Waals surface area contributed by atoms with Gasteiger partial charge in [-0.05, 0) is 30.7 Å². The smallest absolute Gasteiger partial charge is 0.0723 e. The van der Waals surface area contributed by atoms with Gasteiger partial charge in [0, 0.05) is 28.3 Å². The van der Waals surface area contributed by atoms with E-state index in [4.69, 9.17) is 11.6 Å². The quantitative estimate of drug-likeness (QED) is 0.877. The van der Waals surface area contributed by atoms with Gasteiger partial charge in [-0.2, -0.15) is 0 Å². The molecule has 0 fully saturated rings. The Morgan fingerprint density at radius 3 is 2.94 bits per heavy atom. The lowest BCUT2D eigenvalue weighted by Crippen LogP contribution is -2.22. The molecular weight excluding hydrogens is 236 g/mol. The van der Waals surface area contributed by atoms with Gasteiger partial charge in [0.15, 0.2) is 0 Å². The van der Waals surface area contributed by atoms with E-state index in [1.54, 1.807) is 6.20 Å². The fourth-order valence-corrected chi connectivity index (χ4v) is 1.91. The Hall–Kier alpha value is -1.32. The van der Waals surface area contributed by atoms with Gasteiger partial charge < -0.3 is 10.4 Å². The summed E-state index contributed by atoms with van der Waals surface area (Å²) in [5.41, 5.74) is 1.85. The van der Waals surface area contributed by atoms with Gasteiger partial charge in [0.1, 0.15) is 0 Å². The zero-order valence-electron chi connectivity index (χ0n) is 9.65. The summed E-state index contributed by atoms with van der Waals surface area (Å²) in [6.07, 6.45) is 2.61. The first-order chi connectivity index (χ1) is 8.24. The molecule has 3 nitrogen and oxygen atoms in total. The van der Waals surface area contributed by atoms with Crippen LogP contribution < -0.4 is 5.32 Å². The Labute approximate surface area is 105 Å². The Balaban J connectivity index is 2.42. The summed E-state index contributed by atoms with van der Waals surface area (Å²) in [6.45, 7) is 2.14. The number of aromatic nitrogens is 1. The molecule has 1 unspecified atom stereocenters. The van der Waals surface area contributed by atoms with E-state index in [0.29, 0.717) is 5.02 Å². The predicted octanol–water partition coefficient (Wildman–Crippen LogP) is 3.07. The van der Waals surface area contributed by atoms with Crippen molar-refractivity contribution < 1.29 is 5.11 Å². The average molecular weight is 251 g/mol. The summed E-state index contributed by atoms with van der Waals surface area (Å²) in [6, 6.07) is 7.56. The van der Waals surface area contributed by atoms with Gasteiger partial charge in [-0.15, -0.1) is 0 Å². The monoisotopic (exact) mass is 250 g/mol. The summed E-state index contributed by atoms with van der Waals surface area (Å²) in [4.78, 5) is 4.28. The van der Waals surface area contributed by atoms with Crippen LogP contribution in [0.5, 0.6) is 0 Å². The molecule has 2 rings (SSSR count). The van der Waals surface area contributed by atoms with Gasteiger partial charge in [0.05, 0.1) is 12.1 Å². The van der Waals surface area contributed by atoms with E-state index in [0.717, 1.165) is 23.0 Å². The molecule has 0 aliphatic rings. The van der Waals surface area contributed by atoms with Crippen LogP contribution in [0.25, 0.3) is 10.9 Å². The van der Waals surface area contributed by atoms with Crippen LogP contribution >= 0.6 is 11.6 Å². The fraction of sp³-hybridized carbons (Fsp3) is 0.308. The standard InChI is InChI=1S/C13H15ClN2O/c1-2-10(8-17)16-13-5-6-15-12-4-3-9(14)7-11(12)13/h3-7,10,17H,2,8H2,1H3,(H,15,16). The molecule has 0 bridgehead atoms. The molecule has 17 heavy (non-hydrogen) atoms. The number of hydrogen-bond donors (Lipinski definition) is 2. The third kappa shape index (κ3) is 2.68. The van der Waals surface area contributed by atoms with Crippen LogP contribution in [0.3, 0.4) is 0 Å². The van der Waals surface area contributed by atoms with Crippen molar-refractivity contribution in [2.45, 2.75) is 19.4 Å². The number of nitrogens with zero attached hydrogens (tertiary/aromatic N) is 1. The van der Waals surface area contributed by atoms with Gasteiger partial charge in [0.2, 0.25) is 0 Å². The zero-order chi connectivity index (χ0) is 12.3. The number of rotatable bonds is 4. The van der Waals surface area contributed by atoms with Crippen LogP contribution in [-0.2, 0) is 0 Å². The second-order valence-corrected chi connectivity index (χ2v) is 4.39. The molecule has 0 spiro atoms. The van der Waals surface area contributed by atoms with Crippen molar-refractivity contribution in [3.63, 3.8) is 0 Å². The lowest BCUT2D eigenvalue weighted by Gasteiger charge is -2.17. The summed E-state index contributed by atoms with van der Waals surface area (Å²) in [5.74, 6) is 0. The van der Waals surface area contributed by atoms with E-state index < -0.39 is 0 Å². The lowest BCUT2D eigenvalue weighted by molar-refractivity contribution is 0.272. The third-order valence-electron chi connectivity index (χ3n) is 2.78. The molecule has 0 aliphatic heterocycles. The Morgan fingerprint density at radius 2 is 2.24 bits per heavy atom. The largest absolute Gasteiger partial charge is 0.394 e. The highest BCUT2D eigenvalue weighted by atomic mass is 35.5. The highest BCUT2D eigenvalue weighted by Crippen LogP contribution is 2.25. The summed E-state index contributed by atoms with van der Waals surface area (Å²) in [7, 11) is 0. The minimum absolute atomic E-state index is 0.0552. The third-order valence-corrected chi connectivity index (χ3v) is 3.01. The molecule has 0 amide bonds. The number of fused-ring (bicyclic) bond motifs is 1. The van der Waals surface area contributed by atoms with Crippen LogP contribution in [0.4, 0.5) is 5.69 Å². The van der Waals surface area contributed by atoms with Gasteiger partial charge in [-0.3, -0.25) is 4.98 Å². The van der Waals surface area contributed by atoms with Crippen LogP contribution in [0, 0.1) is 0 Å². The molecule has 1 aromatic carbocycles. The molecule has 0 saturated heterocycles. The number of hydrogen-bond acceptors (Lipinski definition) is 3. The fourth-order valence-electron chi connectivity index (χ4n) is 1.74. The highest BCUT2D eigenvalue weighted by molar-refractivity contribution is 6.31. The predicted molar refractivity (Wildman–Crippen MR) is 71.5 cm³/mol. The second kappa shape index (κ2) is 5.34. The maximum atomic E-state index is 9.21. The van der Waals surface area contributed by atoms with Crippen molar-refractivity contribution in [2.24, 2.45) is 0 Å². The number of aliphatic hydroxyl groups excluding tert-OH is 1. The average Bonchev–Trinajstić information content (AvgIpc) is 2.36. The van der Waals surface area contributed by atoms with Crippen molar-refractivity contribution >= 4 is 28.2 Å². The normalized spacial score (nSPS) is 12.6. The van der Waals surface area contributed by atoms with Crippen LogP contribution in [0.2, 0.25) is 5.02 Å². The summed E-state index contributed by atoms with van der Waals surface area (Å²) < 4.78 is 0. The number of nitrogens with one attached hydrogen (secondary N) is 1. The second-order valence-electron chi connectivity index (χ2n) is 3.95. The number of aliphatic hydroxyl groups is 1. The van der Waals surface area contributed by atoms with Gasteiger partial charge >= 0.3 is 0 Å². The highest BCUT2D eigenvalue weighted by Gasteiger charge is 2.07. The number of pyridine rings is 1. The van der Waals surface area contributed by atoms with E-state index in [1.807, 2.05) is 31.2 Å². The van der Waals surface area contributed by atoms with Crippen molar-refractivity contribution in [1.29, 1.82) is 0 Å². The number of halogens is 1. The first-order valence-corrected chi connectivity index (χ1v) is 6.04. The summed E-state index contributed by atoms with van der Waals surface area (Å²) >= 11 is 5.99. The maximum Gasteiger partial charge on any atom is 0.0723 e. The zero-order valence-corrected chi connectivity index (χ0v) is 10.4. The Kier molecular flexibility index (Phi) is 3.82. The van der Waals surface area contributed by atoms with E-state index >= 15 is 0 Å². The number of anilines is 1. The lowest BCUT2D eigenvalue weighted by atomic mass is 10.1. The van der Waals surface area contributed by atoms with Crippen LogP contribution in [0.1, 0.15) is 13.3 Å². The molecule has 1 heterocycles. The minimum atomic E-state index is 0.0552. The van der Waals surface area contributed by atoms with Crippen molar-refractivity contribution in [3.05, 3.63) is 35.5 Å². The maximum absolute atomic E-state index is 9.21. The Morgan fingerprint density at radius 1 is 1.41 bits per heavy atom. The molecule has 0 saturated carbocycles. The van der Waals surface area contributed by atoms with Crippen molar-refractivity contribution in [2.75, 3.05) is 11.9 Å². The number of benzene rings is 1. The minimum Gasteiger partial charge on any atom is -0.394 e. The molecule has 2 aromatic rings.